The SMILES string of the molecule is [2H]C([2H])([2H])c1cc(-c2cccc3c2oc2nc(C)ccc23)ncc1CCC1CC(CCc2ccc(-c3ccccc3)nc2)CC(CCc2ccc(-c3ccccc3)nc2)C1. The van der Waals surface area contributed by atoms with Gasteiger partial charge in [-0.2, -0.15) is 0 Å². The fourth-order valence-electron chi connectivity index (χ4n) is 9.02. The van der Waals surface area contributed by atoms with E-state index in [0.717, 1.165) is 95.1 Å². The minimum Gasteiger partial charge on any atom is -0.437 e. The number of hydrogen-bond acceptors (Lipinski definition) is 5. The van der Waals surface area contributed by atoms with Crippen LogP contribution in [0.3, 0.4) is 0 Å². The quantitative estimate of drug-likeness (QED) is 0.124. The number of hydrogen-bond donors (Lipinski definition) is 0. The zero-order valence-corrected chi connectivity index (χ0v) is 32.6. The maximum Gasteiger partial charge on any atom is 0.227 e. The topological polar surface area (TPSA) is 64.7 Å². The van der Waals surface area contributed by atoms with Crippen LogP contribution in [0.5, 0.6) is 0 Å². The number of aryl methyl sites for hydroxylation is 5. The molecule has 2 unspecified atom stereocenters. The standard InChI is InChI=1S/C52H50N4O/c1-35-28-50(47-15-9-14-45-46-25-16-36(2)56-52(46)57-51(45)47)55-34-44(35)24-21-41-30-39(19-17-37-22-26-48(53-32-37)42-10-5-3-6-11-42)29-40(31-41)20-18-38-23-27-49(54-33-38)43-12-7-4-8-13-43/h3-16,22-23,25-28,32-34,39-41H,17-21,24,29-31H2,1-2H3/i1D3. The lowest BCUT2D eigenvalue weighted by Gasteiger charge is -2.35. The van der Waals surface area contributed by atoms with Gasteiger partial charge in [-0.15, -0.1) is 0 Å². The summed E-state index contributed by atoms with van der Waals surface area (Å²) in [4.78, 5) is 19.1. The molecule has 284 valence electrons. The fraction of sp³-hybridized carbons (Fsp3) is 0.269. The predicted molar refractivity (Wildman–Crippen MR) is 233 cm³/mol. The largest absolute Gasteiger partial charge is 0.437 e. The zero-order valence-electron chi connectivity index (χ0n) is 35.6. The lowest BCUT2D eigenvalue weighted by molar-refractivity contribution is 0.172. The third kappa shape index (κ3) is 8.44. The first-order valence-corrected chi connectivity index (χ1v) is 20.5. The molecule has 1 fully saturated rings. The lowest BCUT2D eigenvalue weighted by Crippen LogP contribution is -2.24. The number of rotatable bonds is 12. The summed E-state index contributed by atoms with van der Waals surface area (Å²) in [7, 11) is 0. The molecule has 5 nitrogen and oxygen atoms in total. The molecule has 3 aromatic carbocycles. The van der Waals surface area contributed by atoms with E-state index in [1.807, 2.05) is 61.8 Å². The Morgan fingerprint density at radius 1 is 0.579 bits per heavy atom. The molecular weight excluding hydrogens is 697 g/mol. The summed E-state index contributed by atoms with van der Waals surface area (Å²) in [5, 5.41) is 1.88. The van der Waals surface area contributed by atoms with Crippen LogP contribution < -0.4 is 0 Å². The fourth-order valence-corrected chi connectivity index (χ4v) is 9.02. The van der Waals surface area contributed by atoms with Crippen molar-refractivity contribution in [2.45, 2.75) is 71.6 Å². The Morgan fingerprint density at radius 2 is 1.18 bits per heavy atom. The lowest BCUT2D eigenvalue weighted by atomic mass is 9.70. The Morgan fingerprint density at radius 3 is 1.75 bits per heavy atom. The average Bonchev–Trinajstić information content (AvgIpc) is 3.65. The van der Waals surface area contributed by atoms with Crippen LogP contribution in [0.1, 0.15) is 70.6 Å². The van der Waals surface area contributed by atoms with Crippen molar-refractivity contribution < 1.29 is 8.53 Å². The first kappa shape index (κ1) is 33.2. The van der Waals surface area contributed by atoms with E-state index in [2.05, 4.69) is 77.8 Å². The molecule has 5 aromatic heterocycles. The summed E-state index contributed by atoms with van der Waals surface area (Å²) < 4.78 is 32.0. The molecule has 0 bridgehead atoms. The second kappa shape index (κ2) is 16.7. The molecule has 0 saturated heterocycles. The van der Waals surface area contributed by atoms with E-state index in [1.165, 1.54) is 17.5 Å². The van der Waals surface area contributed by atoms with Crippen molar-refractivity contribution in [3.05, 3.63) is 168 Å². The molecule has 5 heterocycles. The van der Waals surface area contributed by atoms with Gasteiger partial charge in [0.2, 0.25) is 5.71 Å². The van der Waals surface area contributed by atoms with Crippen LogP contribution in [0.2, 0.25) is 0 Å². The van der Waals surface area contributed by atoms with Gasteiger partial charge in [-0.25, -0.2) is 4.98 Å². The number of aromatic nitrogens is 4. The predicted octanol–water partition coefficient (Wildman–Crippen LogP) is 13.0. The van der Waals surface area contributed by atoms with Gasteiger partial charge < -0.3 is 4.42 Å². The highest BCUT2D eigenvalue weighted by atomic mass is 16.3. The van der Waals surface area contributed by atoms with E-state index in [1.54, 1.807) is 12.3 Å². The number of benzene rings is 3. The van der Waals surface area contributed by atoms with Crippen LogP contribution in [-0.2, 0) is 19.3 Å². The van der Waals surface area contributed by atoms with Gasteiger partial charge in [-0.05, 0) is 148 Å². The molecule has 57 heavy (non-hydrogen) atoms. The first-order chi connectivity index (χ1) is 29.2. The molecule has 0 spiro atoms. The Hall–Kier alpha value is -5.94. The van der Waals surface area contributed by atoms with E-state index in [-0.39, 0.29) is 0 Å². The van der Waals surface area contributed by atoms with Crippen molar-refractivity contribution in [2.75, 3.05) is 0 Å². The van der Waals surface area contributed by atoms with Crippen molar-refractivity contribution in [3.63, 3.8) is 0 Å². The maximum atomic E-state index is 8.59. The van der Waals surface area contributed by atoms with Gasteiger partial charge in [0.1, 0.15) is 5.58 Å². The van der Waals surface area contributed by atoms with Crippen molar-refractivity contribution in [1.82, 2.24) is 19.9 Å². The summed E-state index contributed by atoms with van der Waals surface area (Å²) in [6.07, 6.45) is 15.2. The Balaban J connectivity index is 0.919. The van der Waals surface area contributed by atoms with Gasteiger partial charge in [-0.3, -0.25) is 15.0 Å². The smallest absolute Gasteiger partial charge is 0.227 e. The van der Waals surface area contributed by atoms with E-state index in [4.69, 9.17) is 23.5 Å². The number of fused-ring (bicyclic) bond motifs is 3. The van der Waals surface area contributed by atoms with E-state index in [9.17, 15) is 0 Å². The van der Waals surface area contributed by atoms with Crippen LogP contribution in [0.25, 0.3) is 55.8 Å². The number of pyridine rings is 4. The normalized spacial score (nSPS) is 18.0. The highest BCUT2D eigenvalue weighted by Crippen LogP contribution is 2.41. The third-order valence-electron chi connectivity index (χ3n) is 12.1. The monoisotopic (exact) mass is 749 g/mol. The minimum absolute atomic E-state index is 0.372. The first-order valence-electron chi connectivity index (χ1n) is 22.0. The number of nitrogens with zero attached hydrogens (tertiary/aromatic N) is 4. The highest BCUT2D eigenvalue weighted by molar-refractivity contribution is 6.08. The average molecular weight is 750 g/mol. The molecule has 0 aliphatic heterocycles. The molecular formula is C52H50N4O. The summed E-state index contributed by atoms with van der Waals surface area (Å²) in [6, 6.07) is 41.1. The van der Waals surface area contributed by atoms with Crippen LogP contribution in [-0.4, -0.2) is 19.9 Å². The molecule has 1 saturated carbocycles. The molecule has 2 atom stereocenters. The molecule has 0 N–H and O–H groups in total. The summed E-state index contributed by atoms with van der Waals surface area (Å²) in [5.74, 6) is 1.67. The zero-order chi connectivity index (χ0) is 41.1. The van der Waals surface area contributed by atoms with Gasteiger partial charge in [0, 0.05) is 55.9 Å². The summed E-state index contributed by atoms with van der Waals surface area (Å²) >= 11 is 0. The van der Waals surface area contributed by atoms with Gasteiger partial charge in [0.15, 0.2) is 0 Å². The van der Waals surface area contributed by atoms with Gasteiger partial charge in [0.05, 0.1) is 17.1 Å². The van der Waals surface area contributed by atoms with E-state index in [0.29, 0.717) is 46.7 Å². The second-order valence-corrected chi connectivity index (χ2v) is 16.1. The van der Waals surface area contributed by atoms with E-state index >= 15 is 0 Å². The van der Waals surface area contributed by atoms with E-state index < -0.39 is 6.85 Å². The van der Waals surface area contributed by atoms with Gasteiger partial charge in [0.25, 0.3) is 0 Å². The van der Waals surface area contributed by atoms with Crippen LogP contribution >= 0.6 is 0 Å². The van der Waals surface area contributed by atoms with Crippen molar-refractivity contribution in [1.29, 1.82) is 0 Å². The summed E-state index contributed by atoms with van der Waals surface area (Å²) in [5.41, 5.74) is 11.5. The molecule has 8 aromatic rings. The highest BCUT2D eigenvalue weighted by Gasteiger charge is 2.29. The number of furan rings is 1. The third-order valence-corrected chi connectivity index (χ3v) is 12.1. The van der Waals surface area contributed by atoms with Crippen LogP contribution in [0.4, 0.5) is 0 Å². The van der Waals surface area contributed by atoms with Crippen molar-refractivity contribution in [2.24, 2.45) is 17.8 Å². The minimum atomic E-state index is -2.28. The Labute approximate surface area is 340 Å². The molecule has 5 heteroatoms. The molecule has 0 amide bonds. The molecule has 0 radical (unpaired) electrons. The molecule has 9 rings (SSSR count). The van der Waals surface area contributed by atoms with Gasteiger partial charge in [-0.1, -0.05) is 84.9 Å². The number of para-hydroxylation sites is 1. The van der Waals surface area contributed by atoms with Crippen LogP contribution in [0, 0.1) is 31.5 Å². The van der Waals surface area contributed by atoms with Crippen molar-refractivity contribution in [3.8, 4) is 33.8 Å². The maximum absolute atomic E-state index is 8.59. The molecule has 1 aliphatic carbocycles. The molecule has 1 aliphatic rings. The summed E-state index contributed by atoms with van der Waals surface area (Å²) in [6.45, 7) is -0.336. The Bertz CT molecular complexity index is 2600. The van der Waals surface area contributed by atoms with Crippen molar-refractivity contribution >= 4 is 22.1 Å². The Kier molecular flexibility index (Phi) is 9.71. The second-order valence-electron chi connectivity index (χ2n) is 16.1. The van der Waals surface area contributed by atoms with Gasteiger partial charge >= 0.3 is 0 Å². The van der Waals surface area contributed by atoms with Crippen LogP contribution in [0.15, 0.2) is 144 Å².